The molecule has 0 radical (unpaired) electrons. The number of carbonyl (C=O) groups is 4. The summed E-state index contributed by atoms with van der Waals surface area (Å²) in [5.41, 5.74) is -5.27. The molecule has 47 heavy (non-hydrogen) atoms. The second kappa shape index (κ2) is 13.1. The number of aliphatic hydroxyl groups excluding tert-OH is 1. The van der Waals surface area contributed by atoms with Crippen LogP contribution in [-0.2, 0) is 47.6 Å². The van der Waals surface area contributed by atoms with E-state index in [1.54, 1.807) is 26.8 Å². The van der Waals surface area contributed by atoms with Gasteiger partial charge in [-0.1, -0.05) is 18.6 Å². The zero-order chi connectivity index (χ0) is 34.4. The highest BCUT2D eigenvalue weighted by Gasteiger charge is 2.80. The Morgan fingerprint density at radius 1 is 1.00 bits per heavy atom. The van der Waals surface area contributed by atoms with Gasteiger partial charge in [0.25, 0.3) is 0 Å². The maximum absolute atomic E-state index is 17.6. The SMILES string of the molecule is CN(C)CCOCCOC(=O)COCC(=O)OCC(=O)[C@@]12OC(C)(C)O[C@@H]1CC1C3CCC4=CC(=O)C=CC4(C)[C@@]3(F)[C@@H](O)CC12C. The van der Waals surface area contributed by atoms with Gasteiger partial charge in [0.1, 0.15) is 19.8 Å². The van der Waals surface area contributed by atoms with Crippen LogP contribution in [0.15, 0.2) is 23.8 Å². The Kier molecular flexibility index (Phi) is 9.93. The van der Waals surface area contributed by atoms with Crippen LogP contribution >= 0.6 is 0 Å². The number of ketones is 2. The zero-order valence-electron chi connectivity index (χ0n) is 28.2. The van der Waals surface area contributed by atoms with Crippen LogP contribution < -0.4 is 0 Å². The molecule has 0 aromatic heterocycles. The van der Waals surface area contributed by atoms with Gasteiger partial charge in [-0.2, -0.15) is 0 Å². The molecule has 5 aliphatic rings. The fraction of sp³-hybridized carbons (Fsp3) is 0.765. The van der Waals surface area contributed by atoms with E-state index >= 15 is 4.39 Å². The molecule has 4 unspecified atom stereocenters. The summed E-state index contributed by atoms with van der Waals surface area (Å²) in [6.07, 6.45) is 3.26. The summed E-state index contributed by atoms with van der Waals surface area (Å²) in [5, 5.41) is 11.7. The van der Waals surface area contributed by atoms with Gasteiger partial charge in [-0.15, -0.1) is 0 Å². The number of ether oxygens (including phenoxy) is 6. The van der Waals surface area contributed by atoms with Crippen LogP contribution in [0.3, 0.4) is 0 Å². The van der Waals surface area contributed by atoms with E-state index in [9.17, 15) is 24.3 Å². The van der Waals surface area contributed by atoms with Crippen LogP contribution in [0, 0.1) is 22.7 Å². The minimum atomic E-state index is -2.08. The minimum Gasteiger partial charge on any atom is -0.462 e. The smallest absolute Gasteiger partial charge is 0.332 e. The highest BCUT2D eigenvalue weighted by Crippen LogP contribution is 2.72. The molecule has 0 spiro atoms. The van der Waals surface area contributed by atoms with Crippen molar-refractivity contribution in [1.29, 1.82) is 0 Å². The number of Topliss-reactive ketones (excluding diaryl/α,β-unsaturated/α-hetero) is 1. The average Bonchev–Trinajstić information content (AvgIpc) is 3.40. The van der Waals surface area contributed by atoms with Crippen LogP contribution in [0.5, 0.6) is 0 Å². The normalized spacial score (nSPS) is 38.2. The first kappa shape index (κ1) is 35.7. The van der Waals surface area contributed by atoms with Gasteiger partial charge in [0.05, 0.1) is 25.4 Å². The standard InChI is InChI=1S/C34H48FNO11/c1-30(2)46-27-16-24-23-8-7-21-15-22(37)9-10-31(21,3)33(23,35)25(38)17-32(24,4)34(27,47-30)26(39)18-45-29(41)20-43-19-28(40)44-14-13-42-12-11-36(5)6/h9-10,15,23-25,27,38H,7-8,11-14,16-20H2,1-6H3/t23?,24?,25-,27+,31?,32?,33-,34+/m0/s1. The molecule has 1 saturated heterocycles. The van der Waals surface area contributed by atoms with E-state index < -0.39 is 89.5 Å². The van der Waals surface area contributed by atoms with Crippen molar-refractivity contribution >= 4 is 23.5 Å². The lowest BCUT2D eigenvalue weighted by Gasteiger charge is -2.62. The Morgan fingerprint density at radius 2 is 1.70 bits per heavy atom. The molecule has 0 aromatic carbocycles. The third kappa shape index (κ3) is 6.12. The van der Waals surface area contributed by atoms with Gasteiger partial charge in [0, 0.05) is 23.3 Å². The van der Waals surface area contributed by atoms with Crippen LogP contribution in [0.25, 0.3) is 0 Å². The van der Waals surface area contributed by atoms with Crippen molar-refractivity contribution in [3.8, 4) is 0 Å². The number of alkyl halides is 1. The minimum absolute atomic E-state index is 0.0442. The monoisotopic (exact) mass is 665 g/mol. The first-order chi connectivity index (χ1) is 22.0. The third-order valence-electron chi connectivity index (χ3n) is 11.0. The molecule has 1 aliphatic heterocycles. The van der Waals surface area contributed by atoms with E-state index in [1.165, 1.54) is 12.2 Å². The van der Waals surface area contributed by atoms with E-state index in [4.69, 9.17) is 28.4 Å². The predicted octanol–water partition coefficient (Wildman–Crippen LogP) is 2.11. The number of hydrogen-bond donors (Lipinski definition) is 1. The van der Waals surface area contributed by atoms with Crippen LogP contribution in [-0.4, -0.2) is 123 Å². The van der Waals surface area contributed by atoms with Gasteiger partial charge in [0.15, 0.2) is 29.4 Å². The topological polar surface area (TPSA) is 147 Å². The highest BCUT2D eigenvalue weighted by atomic mass is 19.1. The van der Waals surface area contributed by atoms with Crippen LogP contribution in [0.1, 0.15) is 53.4 Å². The number of nitrogens with zero attached hydrogens (tertiary/aromatic N) is 1. The summed E-state index contributed by atoms with van der Waals surface area (Å²) < 4.78 is 51.0. The fourth-order valence-corrected chi connectivity index (χ4v) is 8.93. The molecule has 5 rings (SSSR count). The Balaban J connectivity index is 1.22. The number of rotatable bonds is 13. The average molecular weight is 666 g/mol. The lowest BCUT2D eigenvalue weighted by atomic mass is 9.44. The molecule has 0 aromatic rings. The summed E-state index contributed by atoms with van der Waals surface area (Å²) in [4.78, 5) is 52.7. The van der Waals surface area contributed by atoms with Gasteiger partial charge >= 0.3 is 11.9 Å². The van der Waals surface area contributed by atoms with Gasteiger partial charge in [-0.05, 0) is 78.6 Å². The number of esters is 2. The van der Waals surface area contributed by atoms with Crippen molar-refractivity contribution in [2.45, 2.75) is 82.6 Å². The largest absolute Gasteiger partial charge is 0.462 e. The van der Waals surface area contributed by atoms with Crippen molar-refractivity contribution in [3.63, 3.8) is 0 Å². The van der Waals surface area contributed by atoms with Crippen molar-refractivity contribution in [1.82, 2.24) is 4.90 Å². The van der Waals surface area contributed by atoms with Gasteiger partial charge in [-0.3, -0.25) is 9.59 Å². The van der Waals surface area contributed by atoms with Gasteiger partial charge in [0.2, 0.25) is 5.78 Å². The van der Waals surface area contributed by atoms with Gasteiger partial charge < -0.3 is 38.4 Å². The molecular formula is C34H48FNO11. The van der Waals surface area contributed by atoms with E-state index in [2.05, 4.69) is 0 Å². The Morgan fingerprint density at radius 3 is 2.40 bits per heavy atom. The summed E-state index contributed by atoms with van der Waals surface area (Å²) >= 11 is 0. The van der Waals surface area contributed by atoms with Crippen LogP contribution in [0.4, 0.5) is 4.39 Å². The lowest BCUT2D eigenvalue weighted by molar-refractivity contribution is -0.246. The first-order valence-electron chi connectivity index (χ1n) is 16.3. The van der Waals surface area contributed by atoms with E-state index in [0.717, 1.165) is 6.54 Å². The van der Waals surface area contributed by atoms with E-state index in [-0.39, 0.29) is 25.4 Å². The molecule has 0 amide bonds. The van der Waals surface area contributed by atoms with E-state index in [0.29, 0.717) is 31.4 Å². The number of fused-ring (bicyclic) bond motifs is 7. The maximum Gasteiger partial charge on any atom is 0.332 e. The molecule has 1 N–H and O–H groups in total. The Hall–Kier alpha value is -2.55. The highest BCUT2D eigenvalue weighted by molar-refractivity contribution is 6.01. The number of halogens is 1. The summed E-state index contributed by atoms with van der Waals surface area (Å²) in [5.74, 6) is -4.51. The summed E-state index contributed by atoms with van der Waals surface area (Å²) in [6, 6.07) is 0. The molecule has 4 aliphatic carbocycles. The number of allylic oxidation sites excluding steroid dienone is 4. The molecule has 12 nitrogen and oxygen atoms in total. The zero-order valence-corrected chi connectivity index (χ0v) is 28.2. The molecule has 13 heteroatoms. The fourth-order valence-electron chi connectivity index (χ4n) is 8.93. The molecule has 0 bridgehead atoms. The molecule has 8 atom stereocenters. The predicted molar refractivity (Wildman–Crippen MR) is 164 cm³/mol. The molecule has 262 valence electrons. The summed E-state index contributed by atoms with van der Waals surface area (Å²) in [6.45, 7) is 6.72. The third-order valence-corrected chi connectivity index (χ3v) is 11.0. The molecule has 4 fully saturated rings. The Labute approximate surface area is 274 Å². The number of aliphatic hydroxyl groups is 1. The molecular weight excluding hydrogens is 617 g/mol. The van der Waals surface area contributed by atoms with Crippen molar-refractivity contribution < 1.29 is 57.1 Å². The van der Waals surface area contributed by atoms with E-state index in [1.807, 2.05) is 25.9 Å². The second-order valence-corrected chi connectivity index (χ2v) is 14.6. The first-order valence-corrected chi connectivity index (χ1v) is 16.3. The van der Waals surface area contributed by atoms with Crippen LogP contribution in [0.2, 0.25) is 0 Å². The lowest BCUT2D eigenvalue weighted by Crippen LogP contribution is -2.70. The Bertz CT molecular complexity index is 1330. The quantitative estimate of drug-likeness (QED) is 0.227. The number of carbonyl (C=O) groups excluding carboxylic acids is 4. The molecule has 1 heterocycles. The second-order valence-electron chi connectivity index (χ2n) is 14.6. The maximum atomic E-state index is 17.6. The van der Waals surface area contributed by atoms with Crippen molar-refractivity contribution in [2.24, 2.45) is 22.7 Å². The number of hydrogen-bond acceptors (Lipinski definition) is 12. The van der Waals surface area contributed by atoms with Gasteiger partial charge in [-0.25, -0.2) is 14.0 Å². The molecule has 3 saturated carbocycles. The summed E-state index contributed by atoms with van der Waals surface area (Å²) in [7, 11) is 3.84. The number of likely N-dealkylation sites (N-methyl/N-ethyl adjacent to an activating group) is 1. The van der Waals surface area contributed by atoms with Crippen molar-refractivity contribution in [2.75, 3.05) is 60.3 Å². The van der Waals surface area contributed by atoms with Crippen molar-refractivity contribution in [3.05, 3.63) is 23.8 Å².